The van der Waals surface area contributed by atoms with E-state index in [2.05, 4.69) is 6.92 Å². The normalized spacial score (nSPS) is 18.0. The lowest BCUT2D eigenvalue weighted by Gasteiger charge is -2.25. The van der Waals surface area contributed by atoms with Crippen LogP contribution in [0.1, 0.15) is 43.4 Å². The number of carbonyl (C=O) groups excluding carboxylic acids is 2. The Balaban J connectivity index is 2.21. The van der Waals surface area contributed by atoms with Gasteiger partial charge in [0.15, 0.2) is 0 Å². The number of methoxy groups -OCH3 is 1. The fraction of sp³-hybridized carbons (Fsp3) is 0.304. The topological polar surface area (TPSA) is 66.8 Å². The van der Waals surface area contributed by atoms with Crippen molar-refractivity contribution >= 4 is 52.3 Å². The van der Waals surface area contributed by atoms with Gasteiger partial charge in [-0.3, -0.25) is 9.59 Å². The van der Waals surface area contributed by atoms with Gasteiger partial charge in [-0.05, 0) is 36.2 Å². The highest BCUT2D eigenvalue weighted by Gasteiger charge is 2.46. The molecule has 0 radical (unpaired) electrons. The number of halogens is 3. The Labute approximate surface area is 196 Å². The van der Waals surface area contributed by atoms with Gasteiger partial charge in [-0.15, -0.1) is 0 Å². The van der Waals surface area contributed by atoms with Crippen LogP contribution in [0.25, 0.3) is 5.76 Å². The average molecular weight is 483 g/mol. The number of hydrogen-bond acceptors (Lipinski definition) is 4. The quantitative estimate of drug-likeness (QED) is 0.219. The number of benzene rings is 2. The second-order valence-electron chi connectivity index (χ2n) is 7.22. The molecule has 8 heteroatoms. The molecule has 1 unspecified atom stereocenters. The molecule has 0 saturated carbocycles. The number of hydrogen-bond donors (Lipinski definition) is 1. The van der Waals surface area contributed by atoms with Crippen molar-refractivity contribution in [3.63, 3.8) is 0 Å². The number of carbonyl (C=O) groups is 2. The summed E-state index contributed by atoms with van der Waals surface area (Å²) in [4.78, 5) is 27.4. The van der Waals surface area contributed by atoms with E-state index in [0.717, 1.165) is 19.3 Å². The van der Waals surface area contributed by atoms with Crippen LogP contribution < -0.4 is 4.74 Å². The van der Waals surface area contributed by atoms with E-state index >= 15 is 0 Å². The summed E-state index contributed by atoms with van der Waals surface area (Å²) in [6.45, 7) is 2.44. The Morgan fingerprint density at radius 1 is 1.06 bits per heavy atom. The molecular weight excluding hydrogens is 461 g/mol. The molecule has 0 aromatic heterocycles. The van der Waals surface area contributed by atoms with Crippen LogP contribution in [0.2, 0.25) is 15.1 Å². The van der Waals surface area contributed by atoms with Crippen LogP contribution in [0.4, 0.5) is 0 Å². The van der Waals surface area contributed by atoms with Gasteiger partial charge in [0.1, 0.15) is 11.5 Å². The Morgan fingerprint density at radius 2 is 1.74 bits per heavy atom. The summed E-state index contributed by atoms with van der Waals surface area (Å²) >= 11 is 18.4. The van der Waals surface area contributed by atoms with Crippen molar-refractivity contribution in [1.29, 1.82) is 0 Å². The standard InChI is InChI=1S/C23H22Cl3NO4/c1-3-4-5-10-27-19(13-6-8-14(24)9-7-13)18(21(29)23(27)30)20(28)16-11-15(25)12-17(26)22(16)31-2/h6-9,11-12,19,28H,3-5,10H2,1-2H3/b20-18+. The SMILES string of the molecule is CCCCCN1C(=O)C(=O)/C(=C(/O)c2cc(Cl)cc(Cl)c2OC)C1c1ccc(Cl)cc1. The van der Waals surface area contributed by atoms with Gasteiger partial charge in [-0.25, -0.2) is 0 Å². The van der Waals surface area contributed by atoms with Crippen molar-refractivity contribution in [2.24, 2.45) is 0 Å². The molecular formula is C23H22Cl3NO4. The Kier molecular flexibility index (Phi) is 7.52. The molecule has 5 nitrogen and oxygen atoms in total. The first kappa shape index (κ1) is 23.5. The Bertz CT molecular complexity index is 1030. The molecule has 1 N–H and O–H groups in total. The zero-order valence-electron chi connectivity index (χ0n) is 17.1. The van der Waals surface area contributed by atoms with E-state index in [0.29, 0.717) is 17.1 Å². The van der Waals surface area contributed by atoms with Gasteiger partial charge >= 0.3 is 0 Å². The van der Waals surface area contributed by atoms with Crippen LogP contribution in [0.3, 0.4) is 0 Å². The fourth-order valence-electron chi connectivity index (χ4n) is 3.72. The molecule has 1 fully saturated rings. The molecule has 1 aliphatic heterocycles. The lowest BCUT2D eigenvalue weighted by atomic mass is 9.95. The summed E-state index contributed by atoms with van der Waals surface area (Å²) in [5, 5.41) is 12.2. The van der Waals surface area contributed by atoms with Crippen molar-refractivity contribution in [1.82, 2.24) is 4.90 Å². The van der Waals surface area contributed by atoms with Crippen LogP contribution in [-0.2, 0) is 9.59 Å². The zero-order valence-corrected chi connectivity index (χ0v) is 19.4. The minimum atomic E-state index is -0.771. The van der Waals surface area contributed by atoms with Crippen LogP contribution in [0.15, 0.2) is 42.0 Å². The summed E-state index contributed by atoms with van der Waals surface area (Å²) < 4.78 is 5.32. The number of ether oxygens (including phenoxy) is 1. The predicted molar refractivity (Wildman–Crippen MR) is 123 cm³/mol. The van der Waals surface area contributed by atoms with Gasteiger partial charge in [0, 0.05) is 16.6 Å². The third-order valence-electron chi connectivity index (χ3n) is 5.20. The van der Waals surface area contributed by atoms with Crippen LogP contribution >= 0.6 is 34.8 Å². The Morgan fingerprint density at radius 3 is 2.35 bits per heavy atom. The van der Waals surface area contributed by atoms with Crippen molar-refractivity contribution in [3.05, 3.63) is 68.2 Å². The molecule has 1 aliphatic rings. The third kappa shape index (κ3) is 4.69. The number of ketones is 1. The predicted octanol–water partition coefficient (Wildman–Crippen LogP) is 6.27. The lowest BCUT2D eigenvalue weighted by Crippen LogP contribution is -2.30. The largest absolute Gasteiger partial charge is 0.507 e. The van der Waals surface area contributed by atoms with Gasteiger partial charge in [0.2, 0.25) is 0 Å². The molecule has 1 atom stereocenters. The maximum absolute atomic E-state index is 13.0. The maximum Gasteiger partial charge on any atom is 0.295 e. The monoisotopic (exact) mass is 481 g/mol. The summed E-state index contributed by atoms with van der Waals surface area (Å²) in [7, 11) is 1.39. The lowest BCUT2D eigenvalue weighted by molar-refractivity contribution is -0.139. The summed E-state index contributed by atoms with van der Waals surface area (Å²) in [5.41, 5.74) is 0.764. The van der Waals surface area contributed by atoms with Crippen LogP contribution in [0.5, 0.6) is 5.75 Å². The zero-order chi connectivity index (χ0) is 22.7. The van der Waals surface area contributed by atoms with Crippen molar-refractivity contribution < 1.29 is 19.4 Å². The molecule has 1 heterocycles. The third-order valence-corrected chi connectivity index (χ3v) is 5.95. The highest BCUT2D eigenvalue weighted by atomic mass is 35.5. The number of rotatable bonds is 7. The highest BCUT2D eigenvalue weighted by molar-refractivity contribution is 6.46. The molecule has 31 heavy (non-hydrogen) atoms. The number of likely N-dealkylation sites (tertiary alicyclic amines) is 1. The van der Waals surface area contributed by atoms with Crippen molar-refractivity contribution in [3.8, 4) is 5.75 Å². The highest BCUT2D eigenvalue weighted by Crippen LogP contribution is 2.43. The molecule has 1 amide bonds. The van der Waals surface area contributed by atoms with Crippen molar-refractivity contribution in [2.75, 3.05) is 13.7 Å². The average Bonchev–Trinajstić information content (AvgIpc) is 2.98. The smallest absolute Gasteiger partial charge is 0.295 e. The number of aliphatic hydroxyl groups excluding tert-OH is 1. The Hall–Kier alpha value is -2.21. The van der Waals surface area contributed by atoms with Crippen LogP contribution in [-0.4, -0.2) is 35.4 Å². The minimum absolute atomic E-state index is 0.0412. The van der Waals surface area contributed by atoms with E-state index in [4.69, 9.17) is 39.5 Å². The second-order valence-corrected chi connectivity index (χ2v) is 8.50. The van der Waals surface area contributed by atoms with Gasteiger partial charge < -0.3 is 14.7 Å². The molecule has 0 aliphatic carbocycles. The van der Waals surface area contributed by atoms with E-state index < -0.39 is 23.5 Å². The van der Waals surface area contributed by atoms with E-state index in [9.17, 15) is 14.7 Å². The van der Waals surface area contributed by atoms with Crippen molar-refractivity contribution in [2.45, 2.75) is 32.2 Å². The first-order valence-corrected chi connectivity index (χ1v) is 11.0. The van der Waals surface area contributed by atoms with Gasteiger partial charge in [0.05, 0.1) is 29.3 Å². The second kappa shape index (κ2) is 9.94. The summed E-state index contributed by atoms with van der Waals surface area (Å²) in [6.07, 6.45) is 2.61. The first-order chi connectivity index (χ1) is 14.8. The molecule has 2 aromatic rings. The molecule has 0 bridgehead atoms. The summed E-state index contributed by atoms with van der Waals surface area (Å²) in [6, 6.07) is 8.99. The summed E-state index contributed by atoms with van der Waals surface area (Å²) in [5.74, 6) is -1.66. The number of nitrogens with zero attached hydrogens (tertiary/aromatic N) is 1. The van der Waals surface area contributed by atoms with Gasteiger partial charge in [-0.1, -0.05) is 66.7 Å². The first-order valence-electron chi connectivity index (χ1n) is 9.87. The number of aliphatic hydroxyl groups is 1. The molecule has 2 aromatic carbocycles. The number of Topliss-reactive ketones (excluding diaryl/α,β-unsaturated/α-hetero) is 1. The minimum Gasteiger partial charge on any atom is -0.507 e. The maximum atomic E-state index is 13.0. The molecule has 3 rings (SSSR count). The molecule has 164 valence electrons. The van der Waals surface area contributed by atoms with Gasteiger partial charge in [-0.2, -0.15) is 0 Å². The van der Waals surface area contributed by atoms with Gasteiger partial charge in [0.25, 0.3) is 11.7 Å². The molecule has 1 saturated heterocycles. The van der Waals surface area contributed by atoms with E-state index in [1.807, 2.05) is 0 Å². The fourth-order valence-corrected chi connectivity index (χ4v) is 4.42. The van der Waals surface area contributed by atoms with E-state index in [1.165, 1.54) is 24.1 Å². The van der Waals surface area contributed by atoms with Crippen LogP contribution in [0, 0.1) is 0 Å². The molecule has 0 spiro atoms. The van der Waals surface area contributed by atoms with E-state index in [-0.39, 0.29) is 26.9 Å². The number of unbranched alkanes of at least 4 members (excludes halogenated alkanes) is 2. The number of amides is 1. The van der Waals surface area contributed by atoms with E-state index in [1.54, 1.807) is 24.3 Å².